The van der Waals surface area contributed by atoms with Gasteiger partial charge in [0.15, 0.2) is 5.54 Å². The molecule has 0 aliphatic carbocycles. The van der Waals surface area contributed by atoms with Crippen LogP contribution in [-0.2, 0) is 21.7 Å². The molecule has 0 bridgehead atoms. The van der Waals surface area contributed by atoms with E-state index in [-0.39, 0.29) is 23.7 Å². The van der Waals surface area contributed by atoms with Crippen LogP contribution >= 0.6 is 0 Å². The summed E-state index contributed by atoms with van der Waals surface area (Å²) in [6.45, 7) is 1.21. The van der Waals surface area contributed by atoms with Gasteiger partial charge in [-0.05, 0) is 30.2 Å². The number of alkyl carbamates (subject to hydrolysis) is 1. The Morgan fingerprint density at radius 2 is 1.67 bits per heavy atom. The van der Waals surface area contributed by atoms with Crippen molar-refractivity contribution >= 4 is 12.1 Å². The lowest BCUT2D eigenvalue weighted by Crippen LogP contribution is -2.49. The molecule has 0 saturated carbocycles. The van der Waals surface area contributed by atoms with Crippen molar-refractivity contribution in [1.29, 1.82) is 0 Å². The number of phenols is 2. The molecule has 0 heterocycles. The van der Waals surface area contributed by atoms with Gasteiger partial charge in [-0.1, -0.05) is 30.3 Å². The number of hydrogen-bond donors (Lipinski definition) is 4. The third-order valence-corrected chi connectivity index (χ3v) is 3.47. The molecular formula is C17H17NO6. The van der Waals surface area contributed by atoms with Crippen LogP contribution in [0.1, 0.15) is 18.1 Å². The highest BCUT2D eigenvalue weighted by molar-refractivity contribution is 5.85. The molecule has 0 aromatic heterocycles. The zero-order valence-corrected chi connectivity index (χ0v) is 12.9. The normalized spacial score (nSPS) is 12.9. The van der Waals surface area contributed by atoms with E-state index >= 15 is 0 Å². The quantitative estimate of drug-likeness (QED) is 0.668. The molecule has 0 fully saturated rings. The van der Waals surface area contributed by atoms with Gasteiger partial charge in [0.25, 0.3) is 0 Å². The number of hydrogen-bond acceptors (Lipinski definition) is 5. The molecule has 2 aromatic carbocycles. The number of benzene rings is 2. The predicted octanol–water partition coefficient (Wildman–Crippen LogP) is 2.32. The van der Waals surface area contributed by atoms with Crippen LogP contribution in [0.2, 0.25) is 0 Å². The minimum Gasteiger partial charge on any atom is -0.508 e. The lowest BCUT2D eigenvalue weighted by atomic mass is 9.92. The van der Waals surface area contributed by atoms with Crippen LogP contribution in [0.15, 0.2) is 48.5 Å². The molecule has 0 aliphatic rings. The monoisotopic (exact) mass is 331 g/mol. The Labute approximate surface area is 138 Å². The minimum absolute atomic E-state index is 0.00385. The minimum atomic E-state index is -1.88. The van der Waals surface area contributed by atoms with Crippen LogP contribution < -0.4 is 5.32 Å². The van der Waals surface area contributed by atoms with Gasteiger partial charge >= 0.3 is 12.1 Å². The van der Waals surface area contributed by atoms with Crippen molar-refractivity contribution in [1.82, 2.24) is 5.32 Å². The van der Waals surface area contributed by atoms with Crippen LogP contribution in [0.3, 0.4) is 0 Å². The highest BCUT2D eigenvalue weighted by Gasteiger charge is 2.38. The van der Waals surface area contributed by atoms with Gasteiger partial charge in [-0.25, -0.2) is 9.59 Å². The summed E-state index contributed by atoms with van der Waals surface area (Å²) in [6.07, 6.45) is -0.938. The molecule has 4 N–H and O–H groups in total. The number of ether oxygens (including phenoxy) is 1. The number of carboxylic acid groups (broad SMARTS) is 1. The van der Waals surface area contributed by atoms with Crippen molar-refractivity contribution < 1.29 is 29.6 Å². The van der Waals surface area contributed by atoms with Crippen molar-refractivity contribution in [3.63, 3.8) is 0 Å². The molecule has 0 radical (unpaired) electrons. The van der Waals surface area contributed by atoms with Crippen molar-refractivity contribution in [2.75, 3.05) is 0 Å². The largest absolute Gasteiger partial charge is 0.508 e. The lowest BCUT2D eigenvalue weighted by molar-refractivity contribution is -0.144. The summed E-state index contributed by atoms with van der Waals surface area (Å²) in [5, 5.41) is 30.8. The van der Waals surface area contributed by atoms with Crippen molar-refractivity contribution in [2.45, 2.75) is 19.1 Å². The van der Waals surface area contributed by atoms with Crippen molar-refractivity contribution in [3.8, 4) is 11.5 Å². The second-order valence-corrected chi connectivity index (χ2v) is 5.35. The fourth-order valence-electron chi connectivity index (χ4n) is 2.10. The fourth-order valence-corrected chi connectivity index (χ4v) is 2.10. The zero-order valence-electron chi connectivity index (χ0n) is 12.9. The number of nitrogens with one attached hydrogen (secondary N) is 1. The van der Waals surface area contributed by atoms with Crippen LogP contribution in [0, 0.1) is 0 Å². The molecule has 7 heteroatoms. The smallest absolute Gasteiger partial charge is 0.408 e. The van der Waals surface area contributed by atoms with Crippen LogP contribution in [0.25, 0.3) is 0 Å². The number of phenolic OH excluding ortho intramolecular Hbond substituents is 2. The molecule has 2 rings (SSSR count). The Kier molecular flexibility index (Phi) is 4.93. The Bertz CT molecular complexity index is 726. The Balaban J connectivity index is 2.15. The van der Waals surface area contributed by atoms with Gasteiger partial charge in [0.1, 0.15) is 18.1 Å². The van der Waals surface area contributed by atoms with Gasteiger partial charge in [0, 0.05) is 6.07 Å². The second kappa shape index (κ2) is 6.91. The Hall–Kier alpha value is -3.22. The molecule has 1 amide bonds. The summed E-state index contributed by atoms with van der Waals surface area (Å²) in [4.78, 5) is 23.6. The maximum atomic E-state index is 12.0. The number of aliphatic carboxylic acids is 1. The highest BCUT2D eigenvalue weighted by Crippen LogP contribution is 2.29. The standard InChI is InChI=1S/C17H17NO6/c1-17(15(21)22,12-7-13(19)9-14(20)8-12)18-16(23)24-10-11-5-3-2-4-6-11/h2-9,19-20H,10H2,1H3,(H,18,23)(H,21,22). The molecule has 7 nitrogen and oxygen atoms in total. The van der Waals surface area contributed by atoms with E-state index in [1.807, 2.05) is 6.07 Å². The molecule has 2 aromatic rings. The first-order valence-electron chi connectivity index (χ1n) is 7.07. The third kappa shape index (κ3) is 3.95. The number of aromatic hydroxyl groups is 2. The summed E-state index contributed by atoms with van der Waals surface area (Å²) in [5.74, 6) is -2.02. The molecule has 1 atom stereocenters. The molecule has 24 heavy (non-hydrogen) atoms. The number of carboxylic acids is 1. The SMILES string of the molecule is CC(NC(=O)OCc1ccccc1)(C(=O)O)c1cc(O)cc(O)c1. The highest BCUT2D eigenvalue weighted by atomic mass is 16.5. The van der Waals surface area contributed by atoms with Gasteiger partial charge in [-0.2, -0.15) is 0 Å². The lowest BCUT2D eigenvalue weighted by Gasteiger charge is -2.26. The maximum absolute atomic E-state index is 12.0. The molecule has 0 aliphatic heterocycles. The van der Waals surface area contributed by atoms with Crippen molar-refractivity contribution in [2.24, 2.45) is 0 Å². The second-order valence-electron chi connectivity index (χ2n) is 5.35. The van der Waals surface area contributed by atoms with Crippen LogP contribution in [0.5, 0.6) is 11.5 Å². The molecule has 0 saturated heterocycles. The Morgan fingerprint density at radius 1 is 1.08 bits per heavy atom. The molecule has 1 unspecified atom stereocenters. The summed E-state index contributed by atoms with van der Waals surface area (Å²) >= 11 is 0. The summed E-state index contributed by atoms with van der Waals surface area (Å²) in [7, 11) is 0. The number of carbonyl (C=O) groups excluding carboxylic acids is 1. The summed E-state index contributed by atoms with van der Waals surface area (Å²) in [5.41, 5.74) is -1.13. The first-order chi connectivity index (χ1) is 11.3. The fraction of sp³-hybridized carbons (Fsp3) is 0.176. The van der Waals surface area contributed by atoms with E-state index in [9.17, 15) is 24.9 Å². The van der Waals surface area contributed by atoms with E-state index in [1.54, 1.807) is 24.3 Å². The summed E-state index contributed by atoms with van der Waals surface area (Å²) < 4.78 is 5.02. The first-order valence-corrected chi connectivity index (χ1v) is 7.07. The van der Waals surface area contributed by atoms with Gasteiger partial charge in [-0.15, -0.1) is 0 Å². The maximum Gasteiger partial charge on any atom is 0.408 e. The van der Waals surface area contributed by atoms with Gasteiger partial charge in [0.2, 0.25) is 0 Å². The first kappa shape index (κ1) is 17.1. The van der Waals surface area contributed by atoms with E-state index in [2.05, 4.69) is 5.32 Å². The van der Waals surface area contributed by atoms with E-state index in [0.717, 1.165) is 23.8 Å². The number of rotatable bonds is 5. The average Bonchev–Trinajstić information content (AvgIpc) is 2.52. The van der Waals surface area contributed by atoms with Gasteiger partial charge in [-0.3, -0.25) is 0 Å². The van der Waals surface area contributed by atoms with Gasteiger partial charge in [0.05, 0.1) is 0 Å². The van der Waals surface area contributed by atoms with Crippen LogP contribution in [0.4, 0.5) is 4.79 Å². The van der Waals surface area contributed by atoms with E-state index < -0.39 is 17.6 Å². The van der Waals surface area contributed by atoms with Crippen molar-refractivity contribution in [3.05, 3.63) is 59.7 Å². The molecule has 126 valence electrons. The Morgan fingerprint density at radius 3 is 2.21 bits per heavy atom. The van der Waals surface area contributed by atoms with Gasteiger partial charge < -0.3 is 25.4 Å². The number of carbonyl (C=O) groups is 2. The van der Waals surface area contributed by atoms with E-state index in [1.165, 1.54) is 6.92 Å². The summed E-state index contributed by atoms with van der Waals surface area (Å²) in [6, 6.07) is 12.3. The van der Waals surface area contributed by atoms with E-state index in [4.69, 9.17) is 4.74 Å². The molecule has 0 spiro atoms. The van der Waals surface area contributed by atoms with E-state index in [0.29, 0.717) is 0 Å². The zero-order chi connectivity index (χ0) is 17.7. The topological polar surface area (TPSA) is 116 Å². The predicted molar refractivity (Wildman–Crippen MR) is 84.5 cm³/mol. The van der Waals surface area contributed by atoms with Crippen LogP contribution in [-0.4, -0.2) is 27.4 Å². The third-order valence-electron chi connectivity index (χ3n) is 3.47. The average molecular weight is 331 g/mol. The number of amides is 1. The molecular weight excluding hydrogens is 314 g/mol.